The lowest BCUT2D eigenvalue weighted by Gasteiger charge is -2.12. The van der Waals surface area contributed by atoms with Crippen molar-refractivity contribution < 1.29 is 18.7 Å². The Morgan fingerprint density at radius 1 is 1.34 bits per heavy atom. The third kappa shape index (κ3) is 4.95. The SMILES string of the molecule is Cc1c(C#N)c(NC(=O)COC(=O)CCc2ccsc2)n(Cc2ccco2)c1C. The Morgan fingerprint density at radius 3 is 2.83 bits per heavy atom. The molecule has 0 radical (unpaired) electrons. The van der Waals surface area contributed by atoms with E-state index < -0.39 is 18.5 Å². The standard InChI is InChI=1S/C21H21N3O4S/c1-14-15(2)24(11-17-4-3-8-27-17)21(18(14)10-22)23-19(25)12-28-20(26)6-5-16-7-9-29-13-16/h3-4,7-9,13H,5-6,11-12H2,1-2H3,(H,23,25). The minimum absolute atomic E-state index is 0.209. The van der Waals surface area contributed by atoms with Gasteiger partial charge >= 0.3 is 5.97 Å². The van der Waals surface area contributed by atoms with Crippen LogP contribution in [0.3, 0.4) is 0 Å². The van der Waals surface area contributed by atoms with Gasteiger partial charge in [0.15, 0.2) is 6.61 Å². The fraction of sp³-hybridized carbons (Fsp3) is 0.286. The van der Waals surface area contributed by atoms with Crippen molar-refractivity contribution in [1.82, 2.24) is 4.57 Å². The molecule has 0 aliphatic carbocycles. The van der Waals surface area contributed by atoms with E-state index in [9.17, 15) is 14.9 Å². The van der Waals surface area contributed by atoms with Crippen LogP contribution in [0, 0.1) is 25.2 Å². The molecule has 0 aliphatic heterocycles. The first-order valence-corrected chi connectivity index (χ1v) is 10.0. The summed E-state index contributed by atoms with van der Waals surface area (Å²) >= 11 is 1.57. The van der Waals surface area contributed by atoms with Gasteiger partial charge in [-0.25, -0.2) is 0 Å². The number of anilines is 1. The van der Waals surface area contributed by atoms with Gasteiger partial charge in [-0.15, -0.1) is 0 Å². The number of amides is 1. The van der Waals surface area contributed by atoms with Crippen molar-refractivity contribution in [3.05, 3.63) is 63.4 Å². The molecule has 0 saturated heterocycles. The fourth-order valence-electron chi connectivity index (χ4n) is 2.95. The van der Waals surface area contributed by atoms with Crippen molar-refractivity contribution in [2.75, 3.05) is 11.9 Å². The number of carbonyl (C=O) groups excluding carboxylic acids is 2. The van der Waals surface area contributed by atoms with Crippen LogP contribution < -0.4 is 5.32 Å². The summed E-state index contributed by atoms with van der Waals surface area (Å²) in [6.45, 7) is 3.67. The van der Waals surface area contributed by atoms with E-state index in [1.807, 2.05) is 41.3 Å². The van der Waals surface area contributed by atoms with Gasteiger partial charge in [0.05, 0.1) is 18.4 Å². The van der Waals surface area contributed by atoms with Crippen molar-refractivity contribution in [3.8, 4) is 6.07 Å². The highest BCUT2D eigenvalue weighted by Gasteiger charge is 2.21. The molecule has 1 N–H and O–H groups in total. The first-order chi connectivity index (χ1) is 14.0. The molecule has 0 fully saturated rings. The molecule has 0 aliphatic rings. The van der Waals surface area contributed by atoms with E-state index >= 15 is 0 Å². The van der Waals surface area contributed by atoms with Gasteiger partial charge in [0.2, 0.25) is 0 Å². The van der Waals surface area contributed by atoms with Crippen molar-refractivity contribution in [2.45, 2.75) is 33.2 Å². The van der Waals surface area contributed by atoms with Crippen LogP contribution in [0.15, 0.2) is 39.6 Å². The Balaban J connectivity index is 1.63. The maximum Gasteiger partial charge on any atom is 0.306 e. The lowest BCUT2D eigenvalue weighted by molar-refractivity contribution is -0.147. The monoisotopic (exact) mass is 411 g/mol. The Labute approximate surface area is 172 Å². The fourth-order valence-corrected chi connectivity index (χ4v) is 3.66. The van der Waals surface area contributed by atoms with E-state index in [0.717, 1.165) is 16.8 Å². The summed E-state index contributed by atoms with van der Waals surface area (Å²) in [6.07, 6.45) is 2.35. The number of furan rings is 1. The molecule has 1 amide bonds. The molecule has 0 saturated carbocycles. The normalized spacial score (nSPS) is 10.5. The van der Waals surface area contributed by atoms with Crippen LogP contribution in [0.4, 0.5) is 5.82 Å². The third-order valence-electron chi connectivity index (χ3n) is 4.66. The molecular weight excluding hydrogens is 390 g/mol. The lowest BCUT2D eigenvalue weighted by Crippen LogP contribution is -2.23. The average Bonchev–Trinajstić information content (AvgIpc) is 3.45. The molecule has 3 aromatic rings. The van der Waals surface area contributed by atoms with Crippen molar-refractivity contribution in [2.24, 2.45) is 0 Å². The zero-order valence-electron chi connectivity index (χ0n) is 16.2. The summed E-state index contributed by atoms with van der Waals surface area (Å²) in [5, 5.41) is 16.2. The minimum atomic E-state index is -0.497. The number of aryl methyl sites for hydroxylation is 1. The smallest absolute Gasteiger partial charge is 0.306 e. The summed E-state index contributed by atoms with van der Waals surface area (Å²) in [4.78, 5) is 24.2. The summed E-state index contributed by atoms with van der Waals surface area (Å²) in [5.41, 5.74) is 3.08. The van der Waals surface area contributed by atoms with Gasteiger partial charge in [0.25, 0.3) is 5.91 Å². The number of nitrogens with one attached hydrogen (secondary N) is 1. The van der Waals surface area contributed by atoms with Gasteiger partial charge in [0.1, 0.15) is 17.6 Å². The van der Waals surface area contributed by atoms with E-state index in [4.69, 9.17) is 9.15 Å². The highest BCUT2D eigenvalue weighted by Crippen LogP contribution is 2.27. The summed E-state index contributed by atoms with van der Waals surface area (Å²) < 4.78 is 12.3. The van der Waals surface area contributed by atoms with E-state index in [1.165, 1.54) is 0 Å². The van der Waals surface area contributed by atoms with Crippen LogP contribution in [0.2, 0.25) is 0 Å². The number of carbonyl (C=O) groups is 2. The highest BCUT2D eigenvalue weighted by atomic mass is 32.1. The quantitative estimate of drug-likeness (QED) is 0.569. The van der Waals surface area contributed by atoms with Gasteiger partial charge < -0.3 is 19.0 Å². The molecular formula is C21H21N3O4S. The minimum Gasteiger partial charge on any atom is -0.467 e. The first kappa shape index (κ1) is 20.4. The topological polar surface area (TPSA) is 97.3 Å². The molecule has 0 aromatic carbocycles. The molecule has 150 valence electrons. The van der Waals surface area contributed by atoms with Gasteiger partial charge in [-0.05, 0) is 60.4 Å². The predicted molar refractivity (Wildman–Crippen MR) is 109 cm³/mol. The summed E-state index contributed by atoms with van der Waals surface area (Å²) in [6, 6.07) is 7.69. The second kappa shape index (κ2) is 9.26. The number of ether oxygens (including phenoxy) is 1. The Bertz CT molecular complexity index is 1030. The van der Waals surface area contributed by atoms with Crippen LogP contribution in [0.1, 0.15) is 34.6 Å². The molecule has 0 unspecified atom stereocenters. The highest BCUT2D eigenvalue weighted by molar-refractivity contribution is 7.07. The molecule has 29 heavy (non-hydrogen) atoms. The Morgan fingerprint density at radius 2 is 2.17 bits per heavy atom. The van der Waals surface area contributed by atoms with Gasteiger partial charge in [-0.1, -0.05) is 0 Å². The Hall–Kier alpha value is -3.31. The summed E-state index contributed by atoms with van der Waals surface area (Å²) in [5.74, 6) is 0.134. The molecule has 0 bridgehead atoms. The van der Waals surface area contributed by atoms with Crippen LogP contribution in [-0.2, 0) is 27.3 Å². The molecule has 7 nitrogen and oxygen atoms in total. The average molecular weight is 411 g/mol. The lowest BCUT2D eigenvalue weighted by atomic mass is 10.2. The van der Waals surface area contributed by atoms with Crippen LogP contribution in [-0.4, -0.2) is 23.1 Å². The van der Waals surface area contributed by atoms with Gasteiger partial charge in [-0.3, -0.25) is 9.59 Å². The molecule has 3 rings (SSSR count). The van der Waals surface area contributed by atoms with Crippen molar-refractivity contribution >= 4 is 29.0 Å². The number of nitrogens with zero attached hydrogens (tertiary/aromatic N) is 2. The number of hydrogen-bond donors (Lipinski definition) is 1. The molecule has 0 atom stereocenters. The number of esters is 1. The molecule has 3 aromatic heterocycles. The van der Waals surface area contributed by atoms with E-state index in [1.54, 1.807) is 23.7 Å². The molecule has 0 spiro atoms. The zero-order chi connectivity index (χ0) is 20.8. The number of nitriles is 1. The predicted octanol–water partition coefficient (Wildman–Crippen LogP) is 3.79. The zero-order valence-corrected chi connectivity index (χ0v) is 17.0. The summed E-state index contributed by atoms with van der Waals surface area (Å²) in [7, 11) is 0. The van der Waals surface area contributed by atoms with E-state index in [-0.39, 0.29) is 6.42 Å². The molecule has 8 heteroatoms. The number of aromatic nitrogens is 1. The largest absolute Gasteiger partial charge is 0.467 e. The number of rotatable bonds is 8. The second-order valence-corrected chi connectivity index (χ2v) is 7.33. The van der Waals surface area contributed by atoms with Gasteiger partial charge in [0, 0.05) is 12.1 Å². The van der Waals surface area contributed by atoms with Crippen LogP contribution in [0.25, 0.3) is 0 Å². The Kier molecular flexibility index (Phi) is 6.52. The van der Waals surface area contributed by atoms with Crippen molar-refractivity contribution in [1.29, 1.82) is 5.26 Å². The first-order valence-electron chi connectivity index (χ1n) is 9.08. The van der Waals surface area contributed by atoms with E-state index in [2.05, 4.69) is 11.4 Å². The second-order valence-electron chi connectivity index (χ2n) is 6.55. The third-order valence-corrected chi connectivity index (χ3v) is 5.39. The maximum atomic E-state index is 12.4. The van der Waals surface area contributed by atoms with Crippen molar-refractivity contribution in [3.63, 3.8) is 0 Å². The van der Waals surface area contributed by atoms with Crippen LogP contribution >= 0.6 is 11.3 Å². The number of hydrogen-bond acceptors (Lipinski definition) is 6. The molecule has 3 heterocycles. The van der Waals surface area contributed by atoms with Crippen LogP contribution in [0.5, 0.6) is 0 Å². The number of thiophene rings is 1. The maximum absolute atomic E-state index is 12.4. The van der Waals surface area contributed by atoms with E-state index in [0.29, 0.717) is 30.1 Å². The van der Waals surface area contributed by atoms with Gasteiger partial charge in [-0.2, -0.15) is 16.6 Å².